The summed E-state index contributed by atoms with van der Waals surface area (Å²) in [5.41, 5.74) is 0. The fourth-order valence-corrected chi connectivity index (χ4v) is 1.35. The highest BCUT2D eigenvalue weighted by Gasteiger charge is 2.32. The maximum atomic E-state index is 11.1. The van der Waals surface area contributed by atoms with Crippen molar-refractivity contribution < 1.29 is 48.1 Å². The van der Waals surface area contributed by atoms with Crippen LogP contribution in [0.2, 0.25) is 0 Å². The van der Waals surface area contributed by atoms with E-state index in [4.69, 9.17) is 5.11 Å². The minimum atomic E-state index is -3.29. The third-order valence-corrected chi connectivity index (χ3v) is 2.41. The van der Waals surface area contributed by atoms with Crippen molar-refractivity contribution in [3.05, 3.63) is 0 Å². The zero-order chi connectivity index (χ0) is 14.3. The van der Waals surface area contributed by atoms with Crippen LogP contribution in [0.4, 0.5) is 0 Å². The summed E-state index contributed by atoms with van der Waals surface area (Å²) >= 11 is 0. The van der Waals surface area contributed by atoms with Crippen LogP contribution in [0.1, 0.15) is 0 Å². The number of hydrogen-bond acceptors (Lipinski definition) is 10. The van der Waals surface area contributed by atoms with Gasteiger partial charge in [0.05, 0.1) is 0 Å². The standard InChI is InChI=1S/C6H10O10P2/c7-3(1-15-17(11)12)5(9)6(10)4(8)2-16-18(13)14/h3,5-7,9-10H,1-2H2/t3-,5-,6-/m1/s1. The fraction of sp³-hybridized carbons (Fsp3) is 0.833. The number of carbonyl (C=O) groups is 1. The van der Waals surface area contributed by atoms with E-state index in [1.165, 1.54) is 0 Å². The Bertz CT molecular complexity index is 319. The molecule has 18 heavy (non-hydrogen) atoms. The quantitative estimate of drug-likeness (QED) is 0.366. The van der Waals surface area contributed by atoms with Gasteiger partial charge in [0.15, 0.2) is 12.4 Å². The minimum Gasteiger partial charge on any atom is -0.566 e. The first-order valence-corrected chi connectivity index (χ1v) is 6.56. The summed E-state index contributed by atoms with van der Waals surface area (Å²) < 4.78 is 27.8. The highest BCUT2D eigenvalue weighted by Crippen LogP contribution is 2.13. The van der Waals surface area contributed by atoms with Gasteiger partial charge in [-0.15, -0.1) is 9.05 Å². The molecular weight excluding hydrogens is 294 g/mol. The second-order valence-electron chi connectivity index (χ2n) is 2.99. The van der Waals surface area contributed by atoms with E-state index in [9.17, 15) is 33.9 Å². The average Bonchev–Trinajstić information content (AvgIpc) is 2.30. The topological polar surface area (TPSA) is 176 Å². The lowest BCUT2D eigenvalue weighted by molar-refractivity contribution is -0.191. The fourth-order valence-electron chi connectivity index (χ4n) is 0.838. The number of Topliss-reactive ketones (excluding diaryl/α,β-unsaturated/α-hetero) is 1. The molecular formula is C6H10O10P2. The van der Waals surface area contributed by atoms with Crippen LogP contribution >= 0.6 is 16.5 Å². The molecule has 0 amide bonds. The van der Waals surface area contributed by atoms with Crippen molar-refractivity contribution in [1.29, 1.82) is 0 Å². The van der Waals surface area contributed by atoms with Gasteiger partial charge in [-0.05, 0) is 9.13 Å². The predicted molar refractivity (Wildman–Crippen MR) is 50.1 cm³/mol. The van der Waals surface area contributed by atoms with Crippen molar-refractivity contribution in [2.75, 3.05) is 13.2 Å². The first kappa shape index (κ1) is 17.6. The Labute approximate surface area is 103 Å². The normalized spacial score (nSPS) is 17.8. The Balaban J connectivity index is 4.21. The number of aliphatic hydroxyl groups is 3. The summed E-state index contributed by atoms with van der Waals surface area (Å²) in [7, 11) is -6.54. The number of hydrogen-bond donors (Lipinski definition) is 3. The third kappa shape index (κ3) is 7.12. The molecule has 0 saturated carbocycles. The van der Waals surface area contributed by atoms with E-state index in [-0.39, 0.29) is 0 Å². The first-order chi connectivity index (χ1) is 8.25. The molecule has 0 aromatic carbocycles. The molecule has 0 spiro atoms. The second kappa shape index (κ2) is 8.65. The lowest BCUT2D eigenvalue weighted by Crippen LogP contribution is -2.45. The molecule has 0 rings (SSSR count). The van der Waals surface area contributed by atoms with Gasteiger partial charge in [0, 0.05) is 0 Å². The molecule has 10 nitrogen and oxygen atoms in total. The van der Waals surface area contributed by atoms with Gasteiger partial charge in [0.25, 0.3) is 0 Å². The monoisotopic (exact) mass is 304 g/mol. The number of rotatable bonds is 9. The van der Waals surface area contributed by atoms with Gasteiger partial charge < -0.3 is 25.1 Å². The Morgan fingerprint density at radius 1 is 1.11 bits per heavy atom. The van der Waals surface area contributed by atoms with Crippen LogP contribution in [0.25, 0.3) is 0 Å². The third-order valence-electron chi connectivity index (χ3n) is 1.71. The molecule has 2 unspecified atom stereocenters. The molecule has 0 radical (unpaired) electrons. The van der Waals surface area contributed by atoms with Gasteiger partial charge in [0.1, 0.15) is 24.9 Å². The maximum Gasteiger partial charge on any atom is 0.488 e. The summed E-state index contributed by atoms with van der Waals surface area (Å²) in [6.07, 6.45) is -6.03. The Kier molecular flexibility index (Phi) is 8.45. The van der Waals surface area contributed by atoms with Gasteiger partial charge in [-0.3, -0.25) is 4.79 Å². The van der Waals surface area contributed by atoms with Gasteiger partial charge in [0.2, 0.25) is 0 Å². The van der Waals surface area contributed by atoms with Crippen molar-refractivity contribution in [3.8, 4) is 0 Å². The van der Waals surface area contributed by atoms with Crippen LogP contribution in [0.15, 0.2) is 0 Å². The molecule has 5 atom stereocenters. The van der Waals surface area contributed by atoms with Crippen LogP contribution in [-0.4, -0.2) is 52.6 Å². The van der Waals surface area contributed by atoms with Crippen LogP contribution in [0.5, 0.6) is 0 Å². The Hall–Kier alpha value is -0.410. The van der Waals surface area contributed by atoms with Crippen molar-refractivity contribution in [3.63, 3.8) is 0 Å². The molecule has 0 bridgehead atoms. The molecule has 104 valence electrons. The van der Waals surface area contributed by atoms with Crippen molar-refractivity contribution in [2.24, 2.45) is 0 Å². The summed E-state index contributed by atoms with van der Waals surface area (Å²) in [6, 6.07) is 0. The largest absolute Gasteiger partial charge is 0.566 e. The number of aliphatic hydroxyl groups excluding tert-OH is 3. The van der Waals surface area contributed by atoms with Gasteiger partial charge in [-0.2, -0.15) is 0 Å². The molecule has 0 fully saturated rings. The zero-order valence-electron chi connectivity index (χ0n) is 8.74. The zero-order valence-corrected chi connectivity index (χ0v) is 10.5. The van der Waals surface area contributed by atoms with Gasteiger partial charge in [-0.1, -0.05) is 0 Å². The van der Waals surface area contributed by atoms with E-state index < -0.39 is 53.8 Å². The van der Waals surface area contributed by atoms with Crippen molar-refractivity contribution in [2.45, 2.75) is 18.3 Å². The van der Waals surface area contributed by atoms with Crippen LogP contribution in [-0.2, 0) is 23.0 Å². The van der Waals surface area contributed by atoms with Crippen LogP contribution in [0, 0.1) is 0 Å². The number of carbonyl (C=O) groups excluding carboxylic acids is 1. The molecule has 0 aromatic heterocycles. The predicted octanol–water partition coefficient (Wildman–Crippen LogP) is -3.29. The van der Waals surface area contributed by atoms with Crippen LogP contribution in [0.3, 0.4) is 0 Å². The highest BCUT2D eigenvalue weighted by molar-refractivity contribution is 7.30. The van der Waals surface area contributed by atoms with E-state index in [0.29, 0.717) is 0 Å². The van der Waals surface area contributed by atoms with E-state index in [0.717, 1.165) is 0 Å². The minimum absolute atomic E-state index is 0.860. The lowest BCUT2D eigenvalue weighted by Gasteiger charge is -2.19. The summed E-state index contributed by atoms with van der Waals surface area (Å²) in [6.45, 7) is -1.87. The first-order valence-electron chi connectivity index (χ1n) is 4.37. The second-order valence-corrected chi connectivity index (χ2v) is 4.40. The van der Waals surface area contributed by atoms with E-state index >= 15 is 0 Å². The molecule has 12 heteroatoms. The average molecular weight is 304 g/mol. The highest BCUT2D eigenvalue weighted by atomic mass is 31.1. The van der Waals surface area contributed by atoms with E-state index in [1.807, 2.05) is 0 Å². The summed E-state index contributed by atoms with van der Waals surface area (Å²) in [4.78, 5) is 31.1. The maximum absolute atomic E-state index is 11.1. The molecule has 0 saturated heterocycles. The van der Waals surface area contributed by atoms with Crippen molar-refractivity contribution in [1.82, 2.24) is 0 Å². The Morgan fingerprint density at radius 3 is 2.06 bits per heavy atom. The van der Waals surface area contributed by atoms with Crippen molar-refractivity contribution >= 4 is 22.3 Å². The van der Waals surface area contributed by atoms with E-state index in [2.05, 4.69) is 9.05 Å². The summed E-state index contributed by atoms with van der Waals surface area (Å²) in [5.74, 6) is -1.20. The molecule has 0 aliphatic heterocycles. The molecule has 3 N–H and O–H groups in total. The van der Waals surface area contributed by atoms with Gasteiger partial charge in [-0.25, -0.2) is 0 Å². The van der Waals surface area contributed by atoms with Gasteiger partial charge >= 0.3 is 16.5 Å². The molecule has 0 aliphatic carbocycles. The van der Waals surface area contributed by atoms with E-state index in [1.54, 1.807) is 0 Å². The van der Waals surface area contributed by atoms with Crippen LogP contribution < -0.4 is 9.79 Å². The SMILES string of the molecule is O=C(CO[P+](=O)[O-])[C@@H](O)[C@H](O)[C@H](O)CO[P+](=O)[O-]. The molecule has 0 aliphatic rings. The Morgan fingerprint density at radius 2 is 1.61 bits per heavy atom. The molecule has 0 heterocycles. The smallest absolute Gasteiger partial charge is 0.488 e. The molecule has 0 aromatic rings. The lowest BCUT2D eigenvalue weighted by atomic mass is 10.1. The summed E-state index contributed by atoms with van der Waals surface area (Å²) in [5, 5.41) is 27.6. The number of ketones is 1.